The monoisotopic (exact) mass is 182 g/mol. The first-order valence-corrected chi connectivity index (χ1v) is 4.93. The molecule has 3 heteroatoms. The Kier molecular flexibility index (Phi) is 2.13. The van der Waals surface area contributed by atoms with Crippen LogP contribution in [0.25, 0.3) is 0 Å². The van der Waals surface area contributed by atoms with E-state index < -0.39 is 0 Å². The van der Waals surface area contributed by atoms with E-state index in [9.17, 15) is 4.79 Å². The van der Waals surface area contributed by atoms with E-state index in [0.29, 0.717) is 6.61 Å². The first-order valence-electron chi connectivity index (χ1n) is 4.05. The van der Waals surface area contributed by atoms with Gasteiger partial charge in [-0.2, -0.15) is 0 Å². The summed E-state index contributed by atoms with van der Waals surface area (Å²) in [5.41, 5.74) is 0. The number of thiophene rings is 1. The number of esters is 1. The van der Waals surface area contributed by atoms with Crippen LogP contribution < -0.4 is 0 Å². The fraction of sp³-hybridized carbons (Fsp3) is 0.444. The van der Waals surface area contributed by atoms with Gasteiger partial charge in [0.1, 0.15) is 6.61 Å². The summed E-state index contributed by atoms with van der Waals surface area (Å²) in [6.07, 6.45) is 2.03. The van der Waals surface area contributed by atoms with Crippen molar-refractivity contribution < 1.29 is 9.53 Å². The number of rotatable bonds is 3. The molecule has 12 heavy (non-hydrogen) atoms. The Labute approximate surface area is 75.2 Å². The van der Waals surface area contributed by atoms with Gasteiger partial charge in [0, 0.05) is 4.88 Å². The zero-order valence-electron chi connectivity index (χ0n) is 6.66. The number of ether oxygens (including phenoxy) is 1. The van der Waals surface area contributed by atoms with Crippen molar-refractivity contribution in [2.45, 2.75) is 19.4 Å². The van der Waals surface area contributed by atoms with Crippen LogP contribution in [0.5, 0.6) is 0 Å². The van der Waals surface area contributed by atoms with Gasteiger partial charge >= 0.3 is 5.97 Å². The Morgan fingerprint density at radius 1 is 1.67 bits per heavy atom. The number of hydrogen-bond acceptors (Lipinski definition) is 3. The molecule has 1 saturated carbocycles. The largest absolute Gasteiger partial charge is 0.460 e. The fourth-order valence-corrected chi connectivity index (χ4v) is 1.59. The number of carbonyl (C=O) groups excluding carboxylic acids is 1. The van der Waals surface area contributed by atoms with Crippen molar-refractivity contribution in [2.75, 3.05) is 0 Å². The molecule has 0 atom stereocenters. The molecule has 1 aromatic heterocycles. The second kappa shape index (κ2) is 3.27. The third-order valence-electron chi connectivity index (χ3n) is 1.85. The van der Waals surface area contributed by atoms with Crippen molar-refractivity contribution in [2.24, 2.45) is 5.92 Å². The van der Waals surface area contributed by atoms with E-state index in [1.165, 1.54) is 0 Å². The van der Waals surface area contributed by atoms with Crippen LogP contribution in [-0.2, 0) is 16.1 Å². The van der Waals surface area contributed by atoms with Gasteiger partial charge in [-0.3, -0.25) is 4.79 Å². The molecular weight excluding hydrogens is 172 g/mol. The molecule has 2 nitrogen and oxygen atoms in total. The first kappa shape index (κ1) is 7.80. The standard InChI is InChI=1S/C9H10O2S/c10-9(7-3-4-7)11-6-8-2-1-5-12-8/h1-2,5,7H,3-4,6H2. The molecule has 1 fully saturated rings. The summed E-state index contributed by atoms with van der Waals surface area (Å²) >= 11 is 1.62. The molecule has 1 aliphatic rings. The fourth-order valence-electron chi connectivity index (χ4n) is 0.974. The molecule has 0 aromatic carbocycles. The molecule has 0 spiro atoms. The van der Waals surface area contributed by atoms with Crippen molar-refractivity contribution in [1.82, 2.24) is 0 Å². The zero-order valence-corrected chi connectivity index (χ0v) is 7.47. The van der Waals surface area contributed by atoms with E-state index in [4.69, 9.17) is 4.74 Å². The highest BCUT2D eigenvalue weighted by atomic mass is 32.1. The minimum absolute atomic E-state index is 0.0246. The third kappa shape index (κ3) is 1.85. The lowest BCUT2D eigenvalue weighted by molar-refractivity contribution is -0.146. The quantitative estimate of drug-likeness (QED) is 0.670. The highest BCUT2D eigenvalue weighted by Gasteiger charge is 2.31. The lowest BCUT2D eigenvalue weighted by atomic mass is 10.4. The second-order valence-electron chi connectivity index (χ2n) is 2.96. The second-order valence-corrected chi connectivity index (χ2v) is 3.99. The van der Waals surface area contributed by atoms with Gasteiger partial charge in [0.2, 0.25) is 0 Å². The van der Waals surface area contributed by atoms with Crippen molar-refractivity contribution in [3.8, 4) is 0 Å². The van der Waals surface area contributed by atoms with Crippen LogP contribution in [0.4, 0.5) is 0 Å². The van der Waals surface area contributed by atoms with Gasteiger partial charge in [0.15, 0.2) is 0 Å². The predicted octanol–water partition coefficient (Wildman–Crippen LogP) is 2.20. The molecule has 0 bridgehead atoms. The Balaban J connectivity index is 1.78. The number of hydrogen-bond donors (Lipinski definition) is 0. The molecule has 64 valence electrons. The Morgan fingerprint density at radius 3 is 3.08 bits per heavy atom. The maximum absolute atomic E-state index is 11.1. The minimum Gasteiger partial charge on any atom is -0.460 e. The summed E-state index contributed by atoms with van der Waals surface area (Å²) in [4.78, 5) is 12.2. The van der Waals surface area contributed by atoms with Crippen LogP contribution in [-0.4, -0.2) is 5.97 Å². The van der Waals surface area contributed by atoms with Crippen LogP contribution >= 0.6 is 11.3 Å². The third-order valence-corrected chi connectivity index (χ3v) is 2.70. The van der Waals surface area contributed by atoms with Crippen LogP contribution in [0.3, 0.4) is 0 Å². The van der Waals surface area contributed by atoms with Gasteiger partial charge in [-0.25, -0.2) is 0 Å². The van der Waals surface area contributed by atoms with E-state index in [0.717, 1.165) is 17.7 Å². The number of carbonyl (C=O) groups is 1. The minimum atomic E-state index is -0.0246. The van der Waals surface area contributed by atoms with Gasteiger partial charge in [-0.1, -0.05) is 6.07 Å². The van der Waals surface area contributed by atoms with Gasteiger partial charge in [-0.15, -0.1) is 11.3 Å². The molecule has 0 unspecified atom stereocenters. The smallest absolute Gasteiger partial charge is 0.309 e. The molecule has 0 aliphatic heterocycles. The Hall–Kier alpha value is -0.830. The summed E-state index contributed by atoms with van der Waals surface area (Å²) in [7, 11) is 0. The highest BCUT2D eigenvalue weighted by Crippen LogP contribution is 2.30. The summed E-state index contributed by atoms with van der Waals surface area (Å²) in [5.74, 6) is 0.188. The van der Waals surface area contributed by atoms with Gasteiger partial charge in [-0.05, 0) is 24.3 Å². The van der Waals surface area contributed by atoms with Crippen molar-refractivity contribution in [3.05, 3.63) is 22.4 Å². The summed E-state index contributed by atoms with van der Waals surface area (Å²) in [6, 6.07) is 3.94. The molecule has 0 amide bonds. The maximum Gasteiger partial charge on any atom is 0.309 e. The molecule has 1 aliphatic carbocycles. The molecular formula is C9H10O2S. The van der Waals surface area contributed by atoms with Gasteiger partial charge < -0.3 is 4.74 Å². The van der Waals surface area contributed by atoms with Crippen LogP contribution in [0.2, 0.25) is 0 Å². The van der Waals surface area contributed by atoms with E-state index in [1.807, 2.05) is 17.5 Å². The molecule has 1 aromatic rings. The lowest BCUT2D eigenvalue weighted by Gasteiger charge is -2.00. The Bertz CT molecular complexity index is 262. The van der Waals surface area contributed by atoms with Crippen LogP contribution in [0, 0.1) is 5.92 Å². The molecule has 2 rings (SSSR count). The van der Waals surface area contributed by atoms with E-state index in [-0.39, 0.29) is 11.9 Å². The average Bonchev–Trinajstić information content (AvgIpc) is 2.80. The SMILES string of the molecule is O=C(OCc1cccs1)C1CC1. The normalized spacial score (nSPS) is 16.0. The van der Waals surface area contributed by atoms with E-state index >= 15 is 0 Å². The topological polar surface area (TPSA) is 26.3 Å². The van der Waals surface area contributed by atoms with Crippen LogP contribution in [0.1, 0.15) is 17.7 Å². The van der Waals surface area contributed by atoms with Gasteiger partial charge in [0.05, 0.1) is 5.92 Å². The summed E-state index contributed by atoms with van der Waals surface area (Å²) in [5, 5.41) is 1.99. The van der Waals surface area contributed by atoms with Crippen molar-refractivity contribution in [3.63, 3.8) is 0 Å². The zero-order chi connectivity index (χ0) is 8.39. The molecule has 0 N–H and O–H groups in total. The first-order chi connectivity index (χ1) is 5.86. The molecule has 1 heterocycles. The highest BCUT2D eigenvalue weighted by molar-refractivity contribution is 7.09. The maximum atomic E-state index is 11.1. The van der Waals surface area contributed by atoms with E-state index in [1.54, 1.807) is 11.3 Å². The van der Waals surface area contributed by atoms with Gasteiger partial charge in [0.25, 0.3) is 0 Å². The van der Waals surface area contributed by atoms with Crippen molar-refractivity contribution >= 4 is 17.3 Å². The molecule has 0 saturated heterocycles. The van der Waals surface area contributed by atoms with E-state index in [2.05, 4.69) is 0 Å². The lowest BCUT2D eigenvalue weighted by Crippen LogP contribution is -2.05. The predicted molar refractivity (Wildman–Crippen MR) is 46.8 cm³/mol. The van der Waals surface area contributed by atoms with Crippen molar-refractivity contribution in [1.29, 1.82) is 0 Å². The van der Waals surface area contributed by atoms with Crippen LogP contribution in [0.15, 0.2) is 17.5 Å². The Morgan fingerprint density at radius 2 is 2.50 bits per heavy atom. The summed E-state index contributed by atoms with van der Waals surface area (Å²) in [6.45, 7) is 0.451. The average molecular weight is 182 g/mol. The summed E-state index contributed by atoms with van der Waals surface area (Å²) < 4.78 is 5.08. The molecule has 0 radical (unpaired) electrons.